The van der Waals surface area contributed by atoms with E-state index in [1.165, 1.54) is 10.1 Å². The number of nitrogens with zero attached hydrogens (tertiary/aromatic N) is 2. The molecule has 144 valence electrons. The predicted octanol–water partition coefficient (Wildman–Crippen LogP) is 2.02. The topological polar surface area (TPSA) is 85.2 Å². The van der Waals surface area contributed by atoms with E-state index in [2.05, 4.69) is 27.8 Å². The van der Waals surface area contributed by atoms with Crippen molar-refractivity contribution in [2.24, 2.45) is 0 Å². The number of carbonyl (C=O) groups excluding carboxylic acids is 1. The Morgan fingerprint density at radius 3 is 2.89 bits per heavy atom. The van der Waals surface area contributed by atoms with Crippen molar-refractivity contribution in [1.82, 2.24) is 14.9 Å². The molecule has 3 rings (SSSR count). The summed E-state index contributed by atoms with van der Waals surface area (Å²) < 4.78 is 6.37. The minimum atomic E-state index is -0.429. The quantitative estimate of drug-likeness (QED) is 0.757. The van der Waals surface area contributed by atoms with Gasteiger partial charge in [-0.2, -0.15) is 0 Å². The van der Waals surface area contributed by atoms with Crippen LogP contribution >= 0.6 is 0 Å². The van der Waals surface area contributed by atoms with Gasteiger partial charge in [-0.05, 0) is 38.8 Å². The van der Waals surface area contributed by atoms with Crippen molar-refractivity contribution in [3.8, 4) is 0 Å². The number of rotatable bonds is 6. The third kappa shape index (κ3) is 4.54. The Hall–Kier alpha value is -2.67. The lowest BCUT2D eigenvalue weighted by Crippen LogP contribution is -2.43. The Morgan fingerprint density at radius 1 is 1.37 bits per heavy atom. The summed E-state index contributed by atoms with van der Waals surface area (Å²) in [6.45, 7) is 4.61. The molecule has 27 heavy (non-hydrogen) atoms. The van der Waals surface area contributed by atoms with Gasteiger partial charge in [0.05, 0.1) is 12.6 Å². The number of hydrogen-bond acceptors (Lipinski definition) is 6. The molecule has 1 aromatic heterocycles. The Morgan fingerprint density at radius 2 is 2.15 bits per heavy atom. The average Bonchev–Trinajstić information content (AvgIpc) is 2.69. The highest BCUT2D eigenvalue weighted by Crippen LogP contribution is 2.25. The van der Waals surface area contributed by atoms with Gasteiger partial charge < -0.3 is 15.4 Å². The summed E-state index contributed by atoms with van der Waals surface area (Å²) in [5.41, 5.74) is 1.49. The Labute approximate surface area is 158 Å². The lowest BCUT2D eigenvalue weighted by atomic mass is 9.92. The number of aryl methyl sites for hydroxylation is 1. The standard InChI is InChI=1S/C20H26N4O3/c1-3-27-17(25)13-24-14(2)12-22-19(20(24)26)23-16-10-7-11-21-18(16)15-8-5-4-6-9-15/h4-6,8-9,12,16,18,21H,3,7,10-11,13H2,1-2H3,(H,22,23)/t16-,18+/m1/s1. The molecule has 2 atom stereocenters. The summed E-state index contributed by atoms with van der Waals surface area (Å²) in [5.74, 6) is -0.166. The first-order valence-corrected chi connectivity index (χ1v) is 9.37. The number of esters is 1. The van der Waals surface area contributed by atoms with Gasteiger partial charge in [0, 0.05) is 17.9 Å². The summed E-state index contributed by atoms with van der Waals surface area (Å²) in [4.78, 5) is 29.0. The molecule has 0 bridgehead atoms. The zero-order chi connectivity index (χ0) is 19.2. The molecule has 7 heteroatoms. The monoisotopic (exact) mass is 370 g/mol. The molecule has 1 fully saturated rings. The van der Waals surface area contributed by atoms with Gasteiger partial charge in [0.2, 0.25) is 0 Å². The van der Waals surface area contributed by atoms with Crippen LogP contribution in [0.25, 0.3) is 0 Å². The van der Waals surface area contributed by atoms with Crippen molar-refractivity contribution >= 4 is 11.8 Å². The minimum absolute atomic E-state index is 0.0418. The molecule has 0 amide bonds. The minimum Gasteiger partial charge on any atom is -0.465 e. The van der Waals surface area contributed by atoms with Crippen molar-refractivity contribution in [3.63, 3.8) is 0 Å². The Bertz CT molecular complexity index is 835. The number of anilines is 1. The van der Waals surface area contributed by atoms with E-state index in [4.69, 9.17) is 4.74 Å². The SMILES string of the molecule is CCOC(=O)Cn1c(C)cnc(N[C@@H]2CCCN[C@H]2c2ccccc2)c1=O. The fourth-order valence-electron chi connectivity index (χ4n) is 3.43. The summed E-state index contributed by atoms with van der Waals surface area (Å²) >= 11 is 0. The van der Waals surface area contributed by atoms with E-state index in [-0.39, 0.29) is 36.6 Å². The van der Waals surface area contributed by atoms with Gasteiger partial charge in [0.25, 0.3) is 5.56 Å². The molecule has 0 radical (unpaired) electrons. The molecular weight excluding hydrogens is 344 g/mol. The maximum Gasteiger partial charge on any atom is 0.326 e. The van der Waals surface area contributed by atoms with Gasteiger partial charge in [-0.15, -0.1) is 0 Å². The van der Waals surface area contributed by atoms with Crippen LogP contribution in [0.5, 0.6) is 0 Å². The smallest absolute Gasteiger partial charge is 0.326 e. The molecule has 2 N–H and O–H groups in total. The van der Waals surface area contributed by atoms with Gasteiger partial charge in [0.1, 0.15) is 6.54 Å². The number of benzene rings is 1. The first-order chi connectivity index (χ1) is 13.1. The molecule has 0 aliphatic carbocycles. The molecule has 0 spiro atoms. The number of piperidine rings is 1. The lowest BCUT2D eigenvalue weighted by molar-refractivity contribution is -0.143. The molecule has 2 heterocycles. The summed E-state index contributed by atoms with van der Waals surface area (Å²) in [5, 5.41) is 6.84. The molecule has 1 saturated heterocycles. The molecule has 7 nitrogen and oxygen atoms in total. The van der Waals surface area contributed by atoms with Crippen LogP contribution < -0.4 is 16.2 Å². The Balaban J connectivity index is 1.83. The normalized spacial score (nSPS) is 19.5. The zero-order valence-corrected chi connectivity index (χ0v) is 15.8. The van der Waals surface area contributed by atoms with Crippen molar-refractivity contribution in [3.05, 3.63) is 58.1 Å². The second-order valence-electron chi connectivity index (χ2n) is 6.68. The first-order valence-electron chi connectivity index (χ1n) is 9.37. The van der Waals surface area contributed by atoms with E-state index in [1.54, 1.807) is 20.0 Å². The second-order valence-corrected chi connectivity index (χ2v) is 6.68. The average molecular weight is 370 g/mol. The fraction of sp³-hybridized carbons (Fsp3) is 0.450. The molecule has 1 aliphatic rings. The molecule has 1 aromatic carbocycles. The van der Waals surface area contributed by atoms with Crippen LogP contribution in [0, 0.1) is 6.92 Å². The summed E-state index contributed by atoms with van der Waals surface area (Å²) in [7, 11) is 0. The number of hydrogen-bond donors (Lipinski definition) is 2. The van der Waals surface area contributed by atoms with Crippen molar-refractivity contribution in [1.29, 1.82) is 0 Å². The molecule has 0 saturated carbocycles. The first kappa shape index (κ1) is 19.1. The van der Waals surface area contributed by atoms with Crippen LogP contribution in [0.4, 0.5) is 5.82 Å². The second kappa shape index (κ2) is 8.81. The van der Waals surface area contributed by atoms with Gasteiger partial charge in [-0.1, -0.05) is 30.3 Å². The molecule has 1 aliphatic heterocycles. The summed E-state index contributed by atoms with van der Waals surface area (Å²) in [6, 6.07) is 10.3. The van der Waals surface area contributed by atoms with Gasteiger partial charge in [0.15, 0.2) is 5.82 Å². The van der Waals surface area contributed by atoms with E-state index in [0.29, 0.717) is 5.69 Å². The van der Waals surface area contributed by atoms with Crippen LogP contribution in [-0.2, 0) is 16.1 Å². The van der Waals surface area contributed by atoms with Crippen molar-refractivity contribution in [2.45, 2.75) is 45.3 Å². The molecular formula is C20H26N4O3. The third-order valence-corrected chi connectivity index (χ3v) is 4.79. The molecule has 0 unspecified atom stereocenters. The highest BCUT2D eigenvalue weighted by atomic mass is 16.5. The van der Waals surface area contributed by atoms with E-state index in [9.17, 15) is 9.59 Å². The van der Waals surface area contributed by atoms with Crippen molar-refractivity contribution in [2.75, 3.05) is 18.5 Å². The van der Waals surface area contributed by atoms with Gasteiger partial charge in [-0.3, -0.25) is 14.2 Å². The predicted molar refractivity (Wildman–Crippen MR) is 104 cm³/mol. The maximum absolute atomic E-state index is 12.9. The maximum atomic E-state index is 12.9. The van der Waals surface area contributed by atoms with Crippen LogP contribution in [0.2, 0.25) is 0 Å². The van der Waals surface area contributed by atoms with Crippen LogP contribution in [-0.4, -0.2) is 34.7 Å². The van der Waals surface area contributed by atoms with E-state index < -0.39 is 5.97 Å². The number of nitrogens with one attached hydrogen (secondary N) is 2. The Kier molecular flexibility index (Phi) is 6.24. The summed E-state index contributed by atoms with van der Waals surface area (Å²) in [6.07, 6.45) is 3.56. The van der Waals surface area contributed by atoms with E-state index in [1.807, 2.05) is 18.2 Å². The van der Waals surface area contributed by atoms with Crippen LogP contribution in [0.1, 0.15) is 37.1 Å². The zero-order valence-electron chi connectivity index (χ0n) is 15.8. The number of ether oxygens (including phenoxy) is 1. The largest absolute Gasteiger partial charge is 0.465 e. The lowest BCUT2D eigenvalue weighted by Gasteiger charge is -2.33. The highest BCUT2D eigenvalue weighted by molar-refractivity contribution is 5.69. The molecule has 2 aromatic rings. The third-order valence-electron chi connectivity index (χ3n) is 4.79. The van der Waals surface area contributed by atoms with Crippen molar-refractivity contribution < 1.29 is 9.53 Å². The van der Waals surface area contributed by atoms with Gasteiger partial charge >= 0.3 is 5.97 Å². The van der Waals surface area contributed by atoms with E-state index in [0.717, 1.165) is 19.4 Å². The van der Waals surface area contributed by atoms with Gasteiger partial charge in [-0.25, -0.2) is 4.98 Å². The number of aromatic nitrogens is 2. The van der Waals surface area contributed by atoms with Crippen LogP contribution in [0.15, 0.2) is 41.3 Å². The highest BCUT2D eigenvalue weighted by Gasteiger charge is 2.27. The van der Waals surface area contributed by atoms with Crippen LogP contribution in [0.3, 0.4) is 0 Å². The fourth-order valence-corrected chi connectivity index (χ4v) is 3.43. The van der Waals surface area contributed by atoms with E-state index >= 15 is 0 Å². The number of carbonyl (C=O) groups is 1.